The highest BCUT2D eigenvalue weighted by Gasteiger charge is 2.32. The molecular weight excluding hydrogens is 118 g/mol. The maximum absolute atomic E-state index is 10.6. The molecule has 1 saturated carbocycles. The molecule has 0 unspecified atom stereocenters. The van der Waals surface area contributed by atoms with Crippen LogP contribution in [0, 0.1) is 11.8 Å². The molecule has 3 heteroatoms. The first-order chi connectivity index (χ1) is 4.24. The van der Waals surface area contributed by atoms with Gasteiger partial charge in [-0.1, -0.05) is 6.92 Å². The molecule has 3 nitrogen and oxygen atoms in total. The highest BCUT2D eigenvalue weighted by molar-refractivity contribution is 5.72. The summed E-state index contributed by atoms with van der Waals surface area (Å²) in [6.45, 7) is 2.11. The summed E-state index contributed by atoms with van der Waals surface area (Å²) < 4.78 is 0. The molecule has 2 N–H and O–H groups in total. The lowest BCUT2D eigenvalue weighted by Crippen LogP contribution is -2.31. The van der Waals surface area contributed by atoms with Crippen LogP contribution in [0.4, 0.5) is 0 Å². The molecule has 0 aromatic rings. The molecule has 0 aromatic heterocycles. The smallest absolute Gasteiger partial charge is 0.327 e. The topological polar surface area (TPSA) is 52.3 Å². The van der Waals surface area contributed by atoms with E-state index in [2.05, 4.69) is 17.7 Å². The van der Waals surface area contributed by atoms with Gasteiger partial charge in [0.1, 0.15) is 0 Å². The summed E-state index contributed by atoms with van der Waals surface area (Å²) in [5.74, 6) is 5.18. The lowest BCUT2D eigenvalue weighted by Gasteiger charge is -2.29. The molecule has 1 rings (SSSR count). The van der Waals surface area contributed by atoms with Crippen molar-refractivity contribution in [2.75, 3.05) is 0 Å². The summed E-state index contributed by atoms with van der Waals surface area (Å²) in [5.41, 5.74) is 0. The summed E-state index contributed by atoms with van der Waals surface area (Å²) in [6.07, 6.45) is 1.88. The van der Waals surface area contributed by atoms with Crippen molar-refractivity contribution in [2.24, 2.45) is 17.7 Å². The highest BCUT2D eigenvalue weighted by Crippen LogP contribution is 2.33. The zero-order chi connectivity index (χ0) is 6.85. The Balaban J connectivity index is 2.23. The normalized spacial score (nSPS) is 33.1. The Labute approximate surface area is 54.1 Å². The third-order valence-corrected chi connectivity index (χ3v) is 1.82. The molecule has 52 valence electrons. The Morgan fingerprint density at radius 1 is 1.67 bits per heavy atom. The van der Waals surface area contributed by atoms with Gasteiger partial charge in [0.05, 0.1) is 5.92 Å². The fraction of sp³-hybridized carbons (Fsp3) is 0.833. The summed E-state index contributed by atoms with van der Waals surface area (Å²) in [6, 6.07) is 0. The fourth-order valence-corrected chi connectivity index (χ4v) is 1.19. The predicted octanol–water partition coefficient (Wildman–Crippen LogP) is 0.449. The van der Waals surface area contributed by atoms with Crippen LogP contribution < -0.4 is 5.90 Å². The van der Waals surface area contributed by atoms with Crippen LogP contribution in [-0.2, 0) is 9.63 Å². The molecule has 1 aliphatic rings. The summed E-state index contributed by atoms with van der Waals surface area (Å²) in [4.78, 5) is 14.7. The van der Waals surface area contributed by atoms with E-state index in [1.165, 1.54) is 0 Å². The number of carbonyl (C=O) groups excluding carboxylic acids is 1. The van der Waals surface area contributed by atoms with Gasteiger partial charge in [-0.2, -0.15) is 5.90 Å². The molecule has 0 saturated heterocycles. The average Bonchev–Trinajstić information content (AvgIpc) is 1.79. The van der Waals surface area contributed by atoms with Gasteiger partial charge < -0.3 is 4.84 Å². The van der Waals surface area contributed by atoms with Gasteiger partial charge in [0.25, 0.3) is 0 Å². The monoisotopic (exact) mass is 129 g/mol. The van der Waals surface area contributed by atoms with E-state index in [9.17, 15) is 4.79 Å². The summed E-state index contributed by atoms with van der Waals surface area (Å²) in [7, 11) is 0. The minimum absolute atomic E-state index is 0.0880. The Bertz CT molecular complexity index is 118. The highest BCUT2D eigenvalue weighted by atomic mass is 16.7. The molecule has 0 aromatic carbocycles. The van der Waals surface area contributed by atoms with Crippen molar-refractivity contribution in [3.8, 4) is 0 Å². The SMILES string of the molecule is CC1CC(C(=O)ON)C1. The van der Waals surface area contributed by atoms with Crippen molar-refractivity contribution >= 4 is 5.97 Å². The molecule has 0 heterocycles. The van der Waals surface area contributed by atoms with E-state index in [0.717, 1.165) is 12.8 Å². The second-order valence-electron chi connectivity index (χ2n) is 2.71. The Morgan fingerprint density at radius 2 is 2.22 bits per heavy atom. The summed E-state index contributed by atoms with van der Waals surface area (Å²) >= 11 is 0. The van der Waals surface area contributed by atoms with Gasteiger partial charge in [-0.15, -0.1) is 0 Å². The second-order valence-corrected chi connectivity index (χ2v) is 2.71. The van der Waals surface area contributed by atoms with E-state index in [-0.39, 0.29) is 11.9 Å². The molecule has 1 fully saturated rings. The van der Waals surface area contributed by atoms with Crippen LogP contribution in [-0.4, -0.2) is 5.97 Å². The minimum atomic E-state index is -0.256. The predicted molar refractivity (Wildman–Crippen MR) is 32.2 cm³/mol. The van der Waals surface area contributed by atoms with Gasteiger partial charge >= 0.3 is 5.97 Å². The molecule has 0 amide bonds. The largest absolute Gasteiger partial charge is 0.373 e. The quantitative estimate of drug-likeness (QED) is 0.523. The van der Waals surface area contributed by atoms with Crippen molar-refractivity contribution in [1.29, 1.82) is 0 Å². The van der Waals surface area contributed by atoms with Gasteiger partial charge in [0, 0.05) is 0 Å². The van der Waals surface area contributed by atoms with Crippen molar-refractivity contribution < 1.29 is 9.63 Å². The van der Waals surface area contributed by atoms with E-state index >= 15 is 0 Å². The lowest BCUT2D eigenvalue weighted by molar-refractivity contribution is -0.153. The van der Waals surface area contributed by atoms with Crippen molar-refractivity contribution in [1.82, 2.24) is 0 Å². The van der Waals surface area contributed by atoms with E-state index in [4.69, 9.17) is 0 Å². The number of rotatable bonds is 1. The third kappa shape index (κ3) is 1.21. The minimum Gasteiger partial charge on any atom is -0.373 e. The lowest BCUT2D eigenvalue weighted by atomic mass is 9.76. The molecule has 9 heavy (non-hydrogen) atoms. The maximum Gasteiger partial charge on any atom is 0.327 e. The van der Waals surface area contributed by atoms with Crippen LogP contribution in [0.3, 0.4) is 0 Å². The van der Waals surface area contributed by atoms with Crippen molar-refractivity contribution in [3.63, 3.8) is 0 Å². The first-order valence-corrected chi connectivity index (χ1v) is 3.14. The van der Waals surface area contributed by atoms with E-state index in [1.807, 2.05) is 0 Å². The molecule has 0 spiro atoms. The molecule has 1 aliphatic carbocycles. The van der Waals surface area contributed by atoms with Crippen molar-refractivity contribution in [3.05, 3.63) is 0 Å². The number of nitrogens with two attached hydrogens (primary N) is 1. The van der Waals surface area contributed by atoms with Crippen LogP contribution in [0.15, 0.2) is 0 Å². The van der Waals surface area contributed by atoms with Crippen molar-refractivity contribution in [2.45, 2.75) is 19.8 Å². The van der Waals surface area contributed by atoms with Crippen LogP contribution in [0.5, 0.6) is 0 Å². The molecule has 0 atom stereocenters. The van der Waals surface area contributed by atoms with Gasteiger partial charge in [-0.25, -0.2) is 0 Å². The van der Waals surface area contributed by atoms with Crippen LogP contribution >= 0.6 is 0 Å². The van der Waals surface area contributed by atoms with Crippen LogP contribution in [0.25, 0.3) is 0 Å². The first kappa shape index (κ1) is 6.55. The van der Waals surface area contributed by atoms with Gasteiger partial charge in [0.15, 0.2) is 0 Å². The van der Waals surface area contributed by atoms with Gasteiger partial charge in [-0.05, 0) is 18.8 Å². The third-order valence-electron chi connectivity index (χ3n) is 1.82. The zero-order valence-corrected chi connectivity index (χ0v) is 5.46. The number of hydrogen-bond acceptors (Lipinski definition) is 3. The Hall–Kier alpha value is -0.570. The Kier molecular flexibility index (Phi) is 1.71. The molecule has 0 bridgehead atoms. The number of hydrogen-bond donors (Lipinski definition) is 1. The second kappa shape index (κ2) is 2.35. The standard InChI is InChI=1S/C6H11NO2/c1-4-2-5(3-4)6(8)9-7/h4-5H,2-3,7H2,1H3. The Morgan fingerprint density at radius 3 is 2.56 bits per heavy atom. The average molecular weight is 129 g/mol. The van der Waals surface area contributed by atoms with E-state index in [1.54, 1.807) is 0 Å². The molecular formula is C6H11NO2. The van der Waals surface area contributed by atoms with Gasteiger partial charge in [0.2, 0.25) is 0 Å². The van der Waals surface area contributed by atoms with Crippen LogP contribution in [0.1, 0.15) is 19.8 Å². The fourth-order valence-electron chi connectivity index (χ4n) is 1.19. The van der Waals surface area contributed by atoms with Crippen LogP contribution in [0.2, 0.25) is 0 Å². The summed E-state index contributed by atoms with van der Waals surface area (Å²) in [5, 5.41) is 0. The maximum atomic E-state index is 10.6. The molecule has 0 radical (unpaired) electrons. The first-order valence-electron chi connectivity index (χ1n) is 3.14. The molecule has 0 aliphatic heterocycles. The zero-order valence-electron chi connectivity index (χ0n) is 5.46. The number of carbonyl (C=O) groups is 1. The van der Waals surface area contributed by atoms with Gasteiger partial charge in [-0.3, -0.25) is 4.79 Å². The van der Waals surface area contributed by atoms with E-state index in [0.29, 0.717) is 5.92 Å². The van der Waals surface area contributed by atoms with E-state index < -0.39 is 0 Å².